The van der Waals surface area contributed by atoms with Crippen LogP contribution in [0.15, 0.2) is 0 Å². The molecule has 1 saturated carbocycles. The molecule has 0 spiro atoms. The van der Waals surface area contributed by atoms with Crippen LogP contribution in [0.25, 0.3) is 0 Å². The van der Waals surface area contributed by atoms with Crippen LogP contribution in [0.1, 0.15) is 59.8 Å². The molecule has 0 amide bonds. The van der Waals surface area contributed by atoms with Crippen molar-refractivity contribution in [1.82, 2.24) is 5.32 Å². The van der Waals surface area contributed by atoms with E-state index in [0.717, 1.165) is 32.1 Å². The number of Topliss-reactive ketones (excluding diaryl/α,β-unsaturated/α-hetero) is 1. The zero-order chi connectivity index (χ0) is 13.7. The maximum Gasteiger partial charge on any atom is 0.152 e. The fourth-order valence-electron chi connectivity index (χ4n) is 2.71. The second kappa shape index (κ2) is 7.25. The molecule has 0 aromatic carbocycles. The Balaban J connectivity index is 2.52. The highest BCUT2D eigenvalue weighted by atomic mass is 16.1. The van der Waals surface area contributed by atoms with Gasteiger partial charge in [-0.25, -0.2) is 0 Å². The predicted octanol–water partition coefficient (Wildman–Crippen LogP) is 2.49. The molecule has 0 radical (unpaired) electrons. The van der Waals surface area contributed by atoms with E-state index >= 15 is 0 Å². The van der Waals surface area contributed by atoms with Crippen molar-refractivity contribution in [3.05, 3.63) is 0 Å². The van der Waals surface area contributed by atoms with E-state index in [4.69, 9.17) is 5.73 Å². The van der Waals surface area contributed by atoms with Crippen molar-refractivity contribution in [2.24, 2.45) is 17.6 Å². The number of hydrogen-bond acceptors (Lipinski definition) is 3. The van der Waals surface area contributed by atoms with Gasteiger partial charge in [0, 0.05) is 18.0 Å². The monoisotopic (exact) mass is 254 g/mol. The molecule has 0 aliphatic heterocycles. The minimum Gasteiger partial charge on any atom is -0.328 e. The molecule has 0 bridgehead atoms. The molecule has 0 aromatic heterocycles. The van der Waals surface area contributed by atoms with Gasteiger partial charge in [0.05, 0.1) is 6.04 Å². The molecular formula is C15H30N2O. The lowest BCUT2D eigenvalue weighted by Gasteiger charge is -2.31. The van der Waals surface area contributed by atoms with Gasteiger partial charge in [0.15, 0.2) is 5.78 Å². The highest BCUT2D eigenvalue weighted by molar-refractivity contribution is 5.85. The smallest absolute Gasteiger partial charge is 0.152 e. The molecule has 0 heterocycles. The number of nitrogens with one attached hydrogen (secondary N) is 1. The molecule has 0 saturated heterocycles. The van der Waals surface area contributed by atoms with Crippen molar-refractivity contribution >= 4 is 5.78 Å². The minimum atomic E-state index is 0.0318. The third kappa shape index (κ3) is 5.07. The molecule has 3 heteroatoms. The van der Waals surface area contributed by atoms with Crippen molar-refractivity contribution in [2.75, 3.05) is 0 Å². The molecule has 18 heavy (non-hydrogen) atoms. The van der Waals surface area contributed by atoms with Crippen LogP contribution in [0, 0.1) is 11.8 Å². The van der Waals surface area contributed by atoms with E-state index < -0.39 is 0 Å². The second-order valence-electron chi connectivity index (χ2n) is 6.52. The first-order chi connectivity index (χ1) is 8.40. The molecule has 1 atom stereocenters. The zero-order valence-corrected chi connectivity index (χ0v) is 12.4. The van der Waals surface area contributed by atoms with Crippen molar-refractivity contribution in [3.8, 4) is 0 Å². The van der Waals surface area contributed by atoms with Gasteiger partial charge in [-0.15, -0.1) is 0 Å². The van der Waals surface area contributed by atoms with E-state index in [9.17, 15) is 4.79 Å². The summed E-state index contributed by atoms with van der Waals surface area (Å²) in [6, 6.07) is 0.882. The summed E-state index contributed by atoms with van der Waals surface area (Å²) < 4.78 is 0. The van der Waals surface area contributed by atoms with Crippen LogP contribution < -0.4 is 11.1 Å². The number of rotatable bonds is 6. The molecule has 106 valence electrons. The lowest BCUT2D eigenvalue weighted by molar-refractivity contribution is -0.124. The highest BCUT2D eigenvalue weighted by Gasteiger charge is 2.26. The van der Waals surface area contributed by atoms with Gasteiger partial charge in [0.25, 0.3) is 0 Å². The molecular weight excluding hydrogens is 224 g/mol. The largest absolute Gasteiger partial charge is 0.328 e. The molecule has 1 fully saturated rings. The van der Waals surface area contributed by atoms with Crippen molar-refractivity contribution < 1.29 is 4.79 Å². The Morgan fingerprint density at radius 2 is 1.72 bits per heavy atom. The Kier molecular flexibility index (Phi) is 6.30. The predicted molar refractivity (Wildman–Crippen MR) is 76.5 cm³/mol. The van der Waals surface area contributed by atoms with Gasteiger partial charge in [-0.2, -0.15) is 0 Å². The van der Waals surface area contributed by atoms with E-state index in [2.05, 4.69) is 19.2 Å². The summed E-state index contributed by atoms with van der Waals surface area (Å²) in [5.74, 6) is 1.03. The molecule has 1 rings (SSSR count). The standard InChI is InChI=1S/C15H30N2O/c1-10(2)9-14(15(18)11(3)4)17-13-7-5-12(16)6-8-13/h10-14,17H,5-9,16H2,1-4H3. The number of carbonyl (C=O) groups excluding carboxylic acids is 1. The van der Waals surface area contributed by atoms with Crippen molar-refractivity contribution in [1.29, 1.82) is 0 Å². The number of hydrogen-bond donors (Lipinski definition) is 2. The average Bonchev–Trinajstić information content (AvgIpc) is 2.29. The number of nitrogens with two attached hydrogens (primary N) is 1. The van der Waals surface area contributed by atoms with Crippen molar-refractivity contribution in [2.45, 2.75) is 77.9 Å². The normalized spacial score (nSPS) is 26.6. The van der Waals surface area contributed by atoms with Crippen LogP contribution in [-0.2, 0) is 4.79 Å². The minimum absolute atomic E-state index is 0.0318. The first-order valence-corrected chi connectivity index (χ1v) is 7.45. The van der Waals surface area contributed by atoms with E-state index in [-0.39, 0.29) is 12.0 Å². The first kappa shape index (κ1) is 15.6. The Morgan fingerprint density at radius 3 is 2.17 bits per heavy atom. The third-order valence-corrected chi connectivity index (χ3v) is 3.83. The maximum absolute atomic E-state index is 12.2. The summed E-state index contributed by atoms with van der Waals surface area (Å²) in [5.41, 5.74) is 5.92. The summed E-state index contributed by atoms with van der Waals surface area (Å²) in [6.45, 7) is 8.35. The third-order valence-electron chi connectivity index (χ3n) is 3.83. The van der Waals surface area contributed by atoms with Crippen LogP contribution >= 0.6 is 0 Å². The number of carbonyl (C=O) groups is 1. The van der Waals surface area contributed by atoms with E-state index in [1.165, 1.54) is 0 Å². The average molecular weight is 254 g/mol. The van der Waals surface area contributed by atoms with E-state index in [1.807, 2.05) is 13.8 Å². The van der Waals surface area contributed by atoms with Crippen LogP contribution in [0.4, 0.5) is 0 Å². The summed E-state index contributed by atoms with van der Waals surface area (Å²) in [5, 5.41) is 3.58. The van der Waals surface area contributed by atoms with Gasteiger partial charge < -0.3 is 11.1 Å². The van der Waals surface area contributed by atoms with E-state index in [0.29, 0.717) is 23.8 Å². The second-order valence-corrected chi connectivity index (χ2v) is 6.52. The molecule has 3 nitrogen and oxygen atoms in total. The molecule has 1 aliphatic carbocycles. The lowest BCUT2D eigenvalue weighted by Crippen LogP contribution is -2.47. The SMILES string of the molecule is CC(C)CC(NC1CCC(N)CC1)C(=O)C(C)C. The van der Waals surface area contributed by atoms with Crippen LogP contribution in [0.2, 0.25) is 0 Å². The molecule has 3 N–H and O–H groups in total. The Labute approximate surface area is 112 Å². The van der Waals surface area contributed by atoms with Crippen LogP contribution in [0.5, 0.6) is 0 Å². The fraction of sp³-hybridized carbons (Fsp3) is 0.933. The zero-order valence-electron chi connectivity index (χ0n) is 12.4. The molecule has 1 unspecified atom stereocenters. The van der Waals surface area contributed by atoms with Gasteiger partial charge in [-0.3, -0.25) is 4.79 Å². The lowest BCUT2D eigenvalue weighted by atomic mass is 9.88. The van der Waals surface area contributed by atoms with Crippen molar-refractivity contribution in [3.63, 3.8) is 0 Å². The maximum atomic E-state index is 12.2. The topological polar surface area (TPSA) is 55.1 Å². The van der Waals surface area contributed by atoms with Gasteiger partial charge in [-0.1, -0.05) is 27.7 Å². The first-order valence-electron chi connectivity index (χ1n) is 7.45. The van der Waals surface area contributed by atoms with Crippen LogP contribution in [0.3, 0.4) is 0 Å². The Hall–Kier alpha value is -0.410. The Morgan fingerprint density at radius 1 is 1.17 bits per heavy atom. The van der Waals surface area contributed by atoms with Gasteiger partial charge >= 0.3 is 0 Å². The summed E-state index contributed by atoms with van der Waals surface area (Å²) >= 11 is 0. The molecule has 0 aromatic rings. The highest BCUT2D eigenvalue weighted by Crippen LogP contribution is 2.19. The number of ketones is 1. The van der Waals surface area contributed by atoms with Gasteiger partial charge in [-0.05, 0) is 38.0 Å². The van der Waals surface area contributed by atoms with Gasteiger partial charge in [0.1, 0.15) is 0 Å². The summed E-state index contributed by atoms with van der Waals surface area (Å²) in [7, 11) is 0. The summed E-state index contributed by atoms with van der Waals surface area (Å²) in [6.07, 6.45) is 5.34. The fourth-order valence-corrected chi connectivity index (χ4v) is 2.71. The quantitative estimate of drug-likeness (QED) is 0.765. The molecule has 1 aliphatic rings. The van der Waals surface area contributed by atoms with Gasteiger partial charge in [0.2, 0.25) is 0 Å². The Bertz CT molecular complexity index is 255. The van der Waals surface area contributed by atoms with Crippen LogP contribution in [-0.4, -0.2) is 23.9 Å². The van der Waals surface area contributed by atoms with E-state index in [1.54, 1.807) is 0 Å². The summed E-state index contributed by atoms with van der Waals surface area (Å²) in [4.78, 5) is 12.2.